The van der Waals surface area contributed by atoms with E-state index in [1.807, 2.05) is 48.5 Å². The van der Waals surface area contributed by atoms with Crippen molar-refractivity contribution >= 4 is 17.5 Å². The smallest absolute Gasteiger partial charge is 0.416 e. The number of non-ortho nitro benzene ring substituents is 1. The monoisotopic (exact) mass is 983 g/mol. The molecule has 72 heavy (non-hydrogen) atoms. The third-order valence-electron chi connectivity index (χ3n) is 13.9. The molecule has 5 aromatic rings. The zero-order valence-corrected chi connectivity index (χ0v) is 39.8. The molecule has 2 N–H and O–H groups in total. The van der Waals surface area contributed by atoms with Gasteiger partial charge in [-0.1, -0.05) is 84.7 Å². The molecule has 9 rings (SSSR count). The Kier molecular flexibility index (Phi) is 15.8. The highest BCUT2D eigenvalue weighted by molar-refractivity contribution is 6.03. The number of carbonyl (C=O) groups is 1. The lowest BCUT2D eigenvalue weighted by Crippen LogP contribution is -2.70. The number of nitrogens with zero attached hydrogens (tertiary/aromatic N) is 3. The number of amides is 1. The van der Waals surface area contributed by atoms with Crippen molar-refractivity contribution < 1.29 is 57.6 Å². The summed E-state index contributed by atoms with van der Waals surface area (Å²) in [6.45, 7) is 4.22. The van der Waals surface area contributed by atoms with Gasteiger partial charge in [-0.05, 0) is 103 Å². The second-order valence-electron chi connectivity index (χ2n) is 18.3. The maximum absolute atomic E-state index is 15.3. The molecule has 1 amide bonds. The van der Waals surface area contributed by atoms with Crippen molar-refractivity contribution in [2.24, 2.45) is 22.9 Å². The molecule has 0 radical (unpaired) electrons. The summed E-state index contributed by atoms with van der Waals surface area (Å²) in [5, 5.41) is 36.7. The molecule has 2 heterocycles. The van der Waals surface area contributed by atoms with Gasteiger partial charge in [0.15, 0.2) is 11.5 Å². The Hall–Kier alpha value is -7.27. The first-order valence-electron chi connectivity index (χ1n) is 24.4. The quantitative estimate of drug-likeness (QED) is 0.0290. The lowest BCUT2D eigenvalue weighted by Gasteiger charge is -2.59. The number of hydrogen-bond donors (Lipinski definition) is 2. The number of oxime groups is 1. The van der Waals surface area contributed by atoms with Crippen molar-refractivity contribution in [3.63, 3.8) is 0 Å². The maximum Gasteiger partial charge on any atom is 0.416 e. The van der Waals surface area contributed by atoms with Crippen LogP contribution in [0.4, 0.5) is 14.9 Å². The molecule has 6 atom stereocenters. The fraction of sp³-hybridized carbons (Fsp3) is 0.357. The number of carbonyl (C=O) groups excluding carboxylic acids is 1. The average Bonchev–Trinajstić information content (AvgIpc) is 3.87. The zero-order valence-electron chi connectivity index (χ0n) is 39.8. The summed E-state index contributed by atoms with van der Waals surface area (Å²) in [6.07, 6.45) is 7.17. The number of aliphatic hydroxyl groups excluding tert-OH is 2. The Morgan fingerprint density at radius 3 is 2.36 bits per heavy atom. The number of nitro benzene ring substituents is 1. The minimum Gasteiger partial charge on any atom is -0.489 e. The summed E-state index contributed by atoms with van der Waals surface area (Å²) >= 11 is 0. The normalized spacial score (nSPS) is 21.9. The van der Waals surface area contributed by atoms with Crippen molar-refractivity contribution in [2.45, 2.75) is 82.5 Å². The number of nitro groups is 1. The largest absolute Gasteiger partial charge is 0.489 e. The average molecular weight is 984 g/mol. The molecule has 5 aromatic carbocycles. The van der Waals surface area contributed by atoms with Crippen LogP contribution in [-0.4, -0.2) is 70.3 Å². The molecule has 2 aliphatic heterocycles. The number of allylic oxidation sites excluding steroid dienone is 1. The van der Waals surface area contributed by atoms with E-state index in [2.05, 4.69) is 12.7 Å². The summed E-state index contributed by atoms with van der Waals surface area (Å²) < 4.78 is 53.4. The van der Waals surface area contributed by atoms with Crippen LogP contribution in [0.2, 0.25) is 0 Å². The van der Waals surface area contributed by atoms with Crippen LogP contribution in [0.15, 0.2) is 145 Å². The maximum atomic E-state index is 15.3. The van der Waals surface area contributed by atoms with Crippen molar-refractivity contribution in [3.8, 4) is 28.7 Å². The molecule has 1 fully saturated rings. The van der Waals surface area contributed by atoms with Gasteiger partial charge in [-0.25, -0.2) is 9.18 Å². The Morgan fingerprint density at radius 2 is 1.60 bits per heavy atom. The highest BCUT2D eigenvalue weighted by Gasteiger charge is 2.66. The van der Waals surface area contributed by atoms with Gasteiger partial charge in [-0.15, -0.1) is 6.58 Å². The molecule has 15 nitrogen and oxygen atoms in total. The number of hydrogen-bond acceptors (Lipinski definition) is 13. The third kappa shape index (κ3) is 10.8. The van der Waals surface area contributed by atoms with E-state index in [1.165, 1.54) is 30.3 Å². The van der Waals surface area contributed by atoms with Crippen molar-refractivity contribution in [1.29, 1.82) is 0 Å². The van der Waals surface area contributed by atoms with E-state index in [0.717, 1.165) is 29.5 Å². The standard InChI is InChI=1S/C56H58FN3O12/c1-2-28-69-56-52(59(33-38-18-24-50-51(29-38)68-36-67-50)55(63)71-42-21-19-41(20-22-42)60(64)65)32-48(58-70-34-37-12-4-3-5-13-37)45-30-39(14-8-10-26-61)44(16-9-11-27-62)53(54(45)56)46-31-43(23-25-49(46)72-56)66-35-40-15-6-7-17-47(40)57/h2-7,12-13,15,17-25,29-31,39,44,52-54,61-62H,1,8-11,14,16,26-28,32-36H2/t39-,44+,52-,53+,54+,56+/m0/s1. The molecule has 1 saturated carbocycles. The molecular weight excluding hydrogens is 926 g/mol. The summed E-state index contributed by atoms with van der Waals surface area (Å²) in [5.74, 6) is -1.17. The Bertz CT molecular complexity index is 2770. The molecular formula is C56H58FN3O12. The minimum absolute atomic E-state index is 0.00746. The fourth-order valence-electron chi connectivity index (χ4n) is 10.6. The minimum atomic E-state index is -1.66. The molecule has 0 bridgehead atoms. The highest BCUT2D eigenvalue weighted by Crippen LogP contribution is 2.62. The van der Waals surface area contributed by atoms with Crippen LogP contribution in [-0.2, 0) is 29.3 Å². The SMILES string of the molecule is C=CCO[C@@]12Oc3ccc(OCc4ccccc4F)cc3[C@H]3[C@H](CCCCO)[C@@H](CCCCO)C=C(C(=NOCc4ccccc4)C[C@@H]1N(Cc1ccc4c(c1)OCO4)C(=O)Oc1ccc([N+](=O)[O-])cc1)[C@H]32. The first-order valence-corrected chi connectivity index (χ1v) is 24.4. The van der Waals surface area contributed by atoms with Gasteiger partial charge in [-0.3, -0.25) is 15.0 Å². The summed E-state index contributed by atoms with van der Waals surface area (Å²) in [6, 6.07) is 31.3. The van der Waals surface area contributed by atoms with Gasteiger partial charge in [0, 0.05) is 55.4 Å². The van der Waals surface area contributed by atoms with E-state index in [4.69, 9.17) is 38.4 Å². The van der Waals surface area contributed by atoms with Crippen LogP contribution in [0.1, 0.15) is 73.1 Å². The van der Waals surface area contributed by atoms with E-state index in [9.17, 15) is 24.7 Å². The predicted octanol–water partition coefficient (Wildman–Crippen LogP) is 10.6. The van der Waals surface area contributed by atoms with Crippen molar-refractivity contribution in [2.75, 3.05) is 26.6 Å². The topological polar surface area (TPSA) is 181 Å². The van der Waals surface area contributed by atoms with Crippen LogP contribution in [0, 0.1) is 33.7 Å². The van der Waals surface area contributed by atoms with E-state index >= 15 is 4.79 Å². The lowest BCUT2D eigenvalue weighted by molar-refractivity contribution is -0.384. The summed E-state index contributed by atoms with van der Waals surface area (Å²) in [7, 11) is 0. The van der Waals surface area contributed by atoms with Gasteiger partial charge in [0.25, 0.3) is 5.69 Å². The zero-order chi connectivity index (χ0) is 50.0. The summed E-state index contributed by atoms with van der Waals surface area (Å²) in [5.41, 5.74) is 3.97. The molecule has 2 aliphatic carbocycles. The second kappa shape index (κ2) is 22.9. The van der Waals surface area contributed by atoms with Crippen LogP contribution >= 0.6 is 0 Å². The number of aliphatic hydroxyl groups is 2. The summed E-state index contributed by atoms with van der Waals surface area (Å²) in [4.78, 5) is 34.2. The first kappa shape index (κ1) is 49.7. The van der Waals surface area contributed by atoms with Gasteiger partial charge in [0.2, 0.25) is 12.6 Å². The van der Waals surface area contributed by atoms with Crippen molar-refractivity contribution in [3.05, 3.63) is 178 Å². The number of rotatable bonds is 22. The third-order valence-corrected chi connectivity index (χ3v) is 13.9. The lowest BCUT2D eigenvalue weighted by atomic mass is 9.55. The van der Waals surface area contributed by atoms with Gasteiger partial charge in [0.05, 0.1) is 23.2 Å². The van der Waals surface area contributed by atoms with Crippen LogP contribution in [0.5, 0.6) is 28.7 Å². The molecule has 4 aliphatic rings. The Labute approximate surface area is 417 Å². The number of fused-ring (bicyclic) bond motifs is 3. The molecule has 0 saturated heterocycles. The molecule has 0 unspecified atom stereocenters. The predicted molar refractivity (Wildman–Crippen MR) is 264 cm³/mol. The van der Waals surface area contributed by atoms with Gasteiger partial charge in [0.1, 0.15) is 42.3 Å². The number of ether oxygens (including phenoxy) is 6. The van der Waals surface area contributed by atoms with E-state index in [0.29, 0.717) is 65.5 Å². The molecule has 0 spiro atoms. The number of benzene rings is 5. The van der Waals surface area contributed by atoms with Crippen LogP contribution in [0.3, 0.4) is 0 Å². The van der Waals surface area contributed by atoms with E-state index in [-0.39, 0.29) is 81.9 Å². The highest BCUT2D eigenvalue weighted by atomic mass is 19.1. The molecule has 16 heteroatoms. The number of unbranched alkanes of at least 4 members (excludes halogenated alkanes) is 2. The van der Waals surface area contributed by atoms with Crippen LogP contribution in [0.25, 0.3) is 0 Å². The second-order valence-corrected chi connectivity index (χ2v) is 18.3. The van der Waals surface area contributed by atoms with E-state index < -0.39 is 34.7 Å². The van der Waals surface area contributed by atoms with Gasteiger partial charge >= 0.3 is 6.09 Å². The van der Waals surface area contributed by atoms with Crippen molar-refractivity contribution in [1.82, 2.24) is 4.90 Å². The Morgan fingerprint density at radius 1 is 0.861 bits per heavy atom. The fourth-order valence-corrected chi connectivity index (χ4v) is 10.6. The number of halogens is 1. The van der Waals surface area contributed by atoms with E-state index in [1.54, 1.807) is 47.4 Å². The first-order chi connectivity index (χ1) is 35.2. The van der Waals surface area contributed by atoms with Gasteiger partial charge in [-0.2, -0.15) is 0 Å². The Balaban J connectivity index is 1.23. The molecule has 0 aromatic heterocycles. The van der Waals surface area contributed by atoms with Crippen LogP contribution < -0.4 is 23.7 Å². The van der Waals surface area contributed by atoms with Gasteiger partial charge < -0.3 is 43.5 Å². The molecule has 376 valence electrons.